The summed E-state index contributed by atoms with van der Waals surface area (Å²) in [4.78, 5) is 13.3. The Morgan fingerprint density at radius 3 is 2.95 bits per heavy atom. The van der Waals surface area contributed by atoms with Gasteiger partial charge in [0.05, 0.1) is 13.5 Å². The van der Waals surface area contributed by atoms with Gasteiger partial charge in [0.2, 0.25) is 0 Å². The van der Waals surface area contributed by atoms with Gasteiger partial charge in [0, 0.05) is 12.1 Å². The van der Waals surface area contributed by atoms with E-state index in [2.05, 4.69) is 17.9 Å². The number of ether oxygens (including phenoxy) is 1. The molecule has 20 heavy (non-hydrogen) atoms. The lowest BCUT2D eigenvalue weighted by atomic mass is 10.0. The fourth-order valence-corrected chi connectivity index (χ4v) is 3.17. The number of carbonyl (C=O) groups is 1. The van der Waals surface area contributed by atoms with Crippen LogP contribution in [0.4, 0.5) is 0 Å². The number of hydrogen-bond donors (Lipinski definition) is 1. The average molecular weight is 277 g/mol. The van der Waals surface area contributed by atoms with Gasteiger partial charge in [-0.3, -0.25) is 9.69 Å². The van der Waals surface area contributed by atoms with E-state index in [1.807, 2.05) is 18.2 Å². The average Bonchev–Trinajstić information content (AvgIpc) is 2.86. The predicted molar refractivity (Wildman–Crippen MR) is 78.1 cm³/mol. The summed E-state index contributed by atoms with van der Waals surface area (Å²) in [6.45, 7) is 3.17. The van der Waals surface area contributed by atoms with Crippen LogP contribution in [0.5, 0.6) is 5.75 Å². The molecule has 0 saturated carbocycles. The zero-order valence-electron chi connectivity index (χ0n) is 12.2. The molecule has 0 aliphatic carbocycles. The minimum atomic E-state index is -0.702. The lowest BCUT2D eigenvalue weighted by Crippen LogP contribution is -2.39. The standard InChI is InChI=1S/C16H23NO3/c1-12(10-13-6-3-4-8-15(13)20-2)17-9-5-7-14(17)11-16(18)19/h3-4,6,8,12,14H,5,7,9-11H2,1-2H3,(H,18,19). The maximum absolute atomic E-state index is 10.9. The molecule has 1 aliphatic rings. The van der Waals surface area contributed by atoms with Crippen LogP contribution in [-0.4, -0.2) is 41.7 Å². The Bertz CT molecular complexity index is 461. The fourth-order valence-electron chi connectivity index (χ4n) is 3.17. The van der Waals surface area contributed by atoms with Gasteiger partial charge in [-0.25, -0.2) is 0 Å². The first kappa shape index (κ1) is 14.9. The van der Waals surface area contributed by atoms with Gasteiger partial charge in [0.15, 0.2) is 0 Å². The lowest BCUT2D eigenvalue weighted by molar-refractivity contribution is -0.138. The fraction of sp³-hybridized carbons (Fsp3) is 0.562. The van der Waals surface area contributed by atoms with E-state index in [-0.39, 0.29) is 12.5 Å². The summed E-state index contributed by atoms with van der Waals surface area (Å²) in [5, 5.41) is 9.00. The molecule has 0 amide bonds. The van der Waals surface area contributed by atoms with Crippen molar-refractivity contribution < 1.29 is 14.6 Å². The summed E-state index contributed by atoms with van der Waals surface area (Å²) in [7, 11) is 1.69. The van der Waals surface area contributed by atoms with E-state index < -0.39 is 5.97 Å². The molecule has 1 aromatic carbocycles. The summed E-state index contributed by atoms with van der Waals surface area (Å²) in [5.74, 6) is 0.208. The molecule has 2 rings (SSSR count). The zero-order valence-corrected chi connectivity index (χ0v) is 12.2. The van der Waals surface area contributed by atoms with Crippen molar-refractivity contribution in [1.29, 1.82) is 0 Å². The van der Waals surface area contributed by atoms with E-state index in [4.69, 9.17) is 9.84 Å². The molecule has 2 atom stereocenters. The number of likely N-dealkylation sites (tertiary alicyclic amines) is 1. The number of carboxylic acid groups (broad SMARTS) is 1. The smallest absolute Gasteiger partial charge is 0.304 e. The van der Waals surface area contributed by atoms with Crippen molar-refractivity contribution in [2.75, 3.05) is 13.7 Å². The molecular weight excluding hydrogens is 254 g/mol. The molecule has 0 aromatic heterocycles. The number of benzene rings is 1. The summed E-state index contributed by atoms with van der Waals surface area (Å²) < 4.78 is 5.39. The monoisotopic (exact) mass is 277 g/mol. The zero-order chi connectivity index (χ0) is 14.5. The molecule has 110 valence electrons. The van der Waals surface area contributed by atoms with Crippen molar-refractivity contribution in [2.45, 2.75) is 44.7 Å². The van der Waals surface area contributed by atoms with Crippen LogP contribution in [-0.2, 0) is 11.2 Å². The van der Waals surface area contributed by atoms with E-state index in [9.17, 15) is 4.79 Å². The van der Waals surface area contributed by atoms with Crippen LogP contribution in [0, 0.1) is 0 Å². The number of rotatable bonds is 6. The Balaban J connectivity index is 2.03. The van der Waals surface area contributed by atoms with Gasteiger partial charge in [-0.2, -0.15) is 0 Å². The molecule has 2 unspecified atom stereocenters. The van der Waals surface area contributed by atoms with E-state index >= 15 is 0 Å². The molecule has 4 nitrogen and oxygen atoms in total. The number of hydrogen-bond acceptors (Lipinski definition) is 3. The second-order valence-electron chi connectivity index (χ2n) is 5.50. The highest BCUT2D eigenvalue weighted by Gasteiger charge is 2.30. The molecule has 0 spiro atoms. The highest BCUT2D eigenvalue weighted by Crippen LogP contribution is 2.26. The number of para-hydroxylation sites is 1. The van der Waals surface area contributed by atoms with Gasteiger partial charge >= 0.3 is 5.97 Å². The van der Waals surface area contributed by atoms with Gasteiger partial charge in [-0.1, -0.05) is 18.2 Å². The van der Waals surface area contributed by atoms with Gasteiger partial charge in [-0.05, 0) is 44.4 Å². The summed E-state index contributed by atoms with van der Waals surface area (Å²) in [5.41, 5.74) is 1.18. The second kappa shape index (κ2) is 6.75. The summed E-state index contributed by atoms with van der Waals surface area (Å²) in [6.07, 6.45) is 3.22. The van der Waals surface area contributed by atoms with Crippen molar-refractivity contribution in [3.63, 3.8) is 0 Å². The first-order valence-electron chi connectivity index (χ1n) is 7.21. The van der Waals surface area contributed by atoms with Gasteiger partial charge in [0.1, 0.15) is 5.75 Å². The normalized spacial score (nSPS) is 20.8. The molecule has 1 fully saturated rings. The number of aliphatic carboxylic acids is 1. The highest BCUT2D eigenvalue weighted by molar-refractivity contribution is 5.67. The molecular formula is C16H23NO3. The van der Waals surface area contributed by atoms with Crippen LogP contribution in [0.25, 0.3) is 0 Å². The first-order valence-corrected chi connectivity index (χ1v) is 7.21. The Morgan fingerprint density at radius 2 is 2.25 bits per heavy atom. The van der Waals surface area contributed by atoms with Crippen LogP contribution in [0.15, 0.2) is 24.3 Å². The lowest BCUT2D eigenvalue weighted by Gasteiger charge is -2.30. The molecule has 1 heterocycles. The third-order valence-corrected chi connectivity index (χ3v) is 4.11. The number of methoxy groups -OCH3 is 1. The Labute approximate surface area is 120 Å². The molecule has 1 aliphatic heterocycles. The van der Waals surface area contributed by atoms with E-state index in [0.29, 0.717) is 6.04 Å². The first-order chi connectivity index (χ1) is 9.61. The molecule has 0 radical (unpaired) electrons. The van der Waals surface area contributed by atoms with Gasteiger partial charge in [0.25, 0.3) is 0 Å². The maximum atomic E-state index is 10.9. The number of carboxylic acids is 1. The Hall–Kier alpha value is -1.55. The largest absolute Gasteiger partial charge is 0.496 e. The predicted octanol–water partition coefficient (Wildman–Crippen LogP) is 2.57. The van der Waals surface area contributed by atoms with Crippen molar-refractivity contribution in [3.05, 3.63) is 29.8 Å². The maximum Gasteiger partial charge on any atom is 0.304 e. The highest BCUT2D eigenvalue weighted by atomic mass is 16.5. The minimum Gasteiger partial charge on any atom is -0.496 e. The molecule has 1 aromatic rings. The molecule has 0 bridgehead atoms. The third kappa shape index (κ3) is 3.51. The van der Waals surface area contributed by atoms with Crippen LogP contribution in [0.2, 0.25) is 0 Å². The molecule has 1 N–H and O–H groups in total. The van der Waals surface area contributed by atoms with Crippen molar-refractivity contribution in [3.8, 4) is 5.75 Å². The van der Waals surface area contributed by atoms with Crippen molar-refractivity contribution >= 4 is 5.97 Å². The molecule has 1 saturated heterocycles. The van der Waals surface area contributed by atoms with E-state index in [1.165, 1.54) is 5.56 Å². The van der Waals surface area contributed by atoms with Gasteiger partial charge in [-0.15, -0.1) is 0 Å². The Morgan fingerprint density at radius 1 is 1.50 bits per heavy atom. The van der Waals surface area contributed by atoms with Crippen molar-refractivity contribution in [2.24, 2.45) is 0 Å². The Kier molecular flexibility index (Phi) is 5.01. The van der Waals surface area contributed by atoms with E-state index in [0.717, 1.165) is 31.6 Å². The minimum absolute atomic E-state index is 0.178. The van der Waals surface area contributed by atoms with Crippen LogP contribution in [0.1, 0.15) is 31.7 Å². The summed E-state index contributed by atoms with van der Waals surface area (Å²) >= 11 is 0. The second-order valence-corrected chi connectivity index (χ2v) is 5.50. The van der Waals surface area contributed by atoms with Crippen LogP contribution < -0.4 is 4.74 Å². The quantitative estimate of drug-likeness (QED) is 0.868. The molecule has 4 heteroatoms. The van der Waals surface area contributed by atoms with Gasteiger partial charge < -0.3 is 9.84 Å². The SMILES string of the molecule is COc1ccccc1CC(C)N1CCCC1CC(=O)O. The van der Waals surface area contributed by atoms with Crippen LogP contribution in [0.3, 0.4) is 0 Å². The summed E-state index contributed by atoms with van der Waals surface area (Å²) in [6, 6.07) is 8.55. The van der Waals surface area contributed by atoms with Crippen LogP contribution >= 0.6 is 0 Å². The van der Waals surface area contributed by atoms with E-state index in [1.54, 1.807) is 7.11 Å². The topological polar surface area (TPSA) is 49.8 Å². The third-order valence-electron chi connectivity index (χ3n) is 4.11. The van der Waals surface area contributed by atoms with Crippen molar-refractivity contribution in [1.82, 2.24) is 4.90 Å². The number of nitrogens with zero attached hydrogens (tertiary/aromatic N) is 1.